The van der Waals surface area contributed by atoms with Crippen LogP contribution in [0.2, 0.25) is 0 Å². The van der Waals surface area contributed by atoms with Gasteiger partial charge in [-0.15, -0.1) is 0 Å². The first-order chi connectivity index (χ1) is 11.2. The number of cyclic esters (lactones) is 1. The van der Waals surface area contributed by atoms with Gasteiger partial charge in [-0.25, -0.2) is 9.18 Å². The third kappa shape index (κ3) is 5.37. The second-order valence-corrected chi connectivity index (χ2v) is 6.68. The fourth-order valence-corrected chi connectivity index (χ4v) is 2.19. The molecule has 1 saturated heterocycles. The lowest BCUT2D eigenvalue weighted by atomic mass is 10.0. The Labute approximate surface area is 140 Å². The van der Waals surface area contributed by atoms with Crippen LogP contribution in [0, 0.1) is 5.92 Å². The molecule has 1 aliphatic rings. The zero-order valence-electron chi connectivity index (χ0n) is 14.0. The number of hydrogen-bond donors (Lipinski definition) is 1. The molecule has 5 nitrogen and oxygen atoms in total. The molecule has 130 valence electrons. The Morgan fingerprint density at radius 1 is 1.42 bits per heavy atom. The zero-order valence-corrected chi connectivity index (χ0v) is 14.0. The smallest absolute Gasteiger partial charge is 0.408 e. The monoisotopic (exact) mass is 335 g/mol. The van der Waals surface area contributed by atoms with Crippen molar-refractivity contribution in [2.75, 3.05) is 6.61 Å². The fraction of sp³-hybridized carbons (Fsp3) is 0.444. The van der Waals surface area contributed by atoms with E-state index in [9.17, 15) is 14.0 Å². The van der Waals surface area contributed by atoms with Crippen molar-refractivity contribution in [3.63, 3.8) is 0 Å². The summed E-state index contributed by atoms with van der Waals surface area (Å²) in [6, 6.07) is 8.31. The van der Waals surface area contributed by atoms with Crippen LogP contribution < -0.4 is 5.32 Å². The number of esters is 1. The van der Waals surface area contributed by atoms with Crippen LogP contribution in [0.3, 0.4) is 0 Å². The van der Waals surface area contributed by atoms with Crippen molar-refractivity contribution in [1.29, 1.82) is 0 Å². The first-order valence-electron chi connectivity index (χ1n) is 7.82. The van der Waals surface area contributed by atoms with Crippen molar-refractivity contribution in [2.45, 2.75) is 38.8 Å². The molecule has 1 aromatic rings. The molecule has 1 fully saturated rings. The Bertz CT molecular complexity index is 622. The Balaban J connectivity index is 2.11. The summed E-state index contributed by atoms with van der Waals surface area (Å²) in [5, 5.41) is 2.53. The minimum Gasteiger partial charge on any atom is -0.464 e. The quantitative estimate of drug-likeness (QED) is 0.840. The summed E-state index contributed by atoms with van der Waals surface area (Å²) < 4.78 is 24.4. The summed E-state index contributed by atoms with van der Waals surface area (Å²) in [6.45, 7) is 5.36. The van der Waals surface area contributed by atoms with Crippen LogP contribution in [0.25, 0.3) is 0 Å². The van der Waals surface area contributed by atoms with E-state index in [1.807, 2.05) is 30.3 Å². The SMILES string of the molecule is CC(C)(C)OC(=O)N[C@H](Cc1ccccc1)/C(F)=C/[C@@H]1COC1=O. The molecule has 1 aliphatic heterocycles. The number of alkyl carbamates (subject to hydrolysis) is 1. The molecule has 0 bridgehead atoms. The molecule has 1 aromatic carbocycles. The predicted molar refractivity (Wildman–Crippen MR) is 86.9 cm³/mol. The van der Waals surface area contributed by atoms with E-state index in [0.29, 0.717) is 0 Å². The Morgan fingerprint density at radius 2 is 2.08 bits per heavy atom. The molecular formula is C18H22FNO4. The molecule has 24 heavy (non-hydrogen) atoms. The van der Waals surface area contributed by atoms with Crippen molar-refractivity contribution in [3.8, 4) is 0 Å². The molecule has 0 unspecified atom stereocenters. The summed E-state index contributed by atoms with van der Waals surface area (Å²) in [7, 11) is 0. The number of benzene rings is 1. The van der Waals surface area contributed by atoms with Crippen molar-refractivity contribution < 1.29 is 23.5 Å². The minimum absolute atomic E-state index is 0.163. The summed E-state index contributed by atoms with van der Waals surface area (Å²) in [4.78, 5) is 23.2. The molecule has 1 amide bonds. The number of rotatable bonds is 5. The van der Waals surface area contributed by atoms with Gasteiger partial charge in [-0.3, -0.25) is 4.79 Å². The van der Waals surface area contributed by atoms with Gasteiger partial charge in [0.2, 0.25) is 0 Å². The zero-order chi connectivity index (χ0) is 17.7. The van der Waals surface area contributed by atoms with Gasteiger partial charge in [-0.1, -0.05) is 30.3 Å². The van der Waals surface area contributed by atoms with Crippen molar-refractivity contribution in [2.24, 2.45) is 5.92 Å². The van der Waals surface area contributed by atoms with Crippen LogP contribution in [-0.4, -0.2) is 30.3 Å². The van der Waals surface area contributed by atoms with E-state index < -0.39 is 35.5 Å². The highest BCUT2D eigenvalue weighted by Gasteiger charge is 2.31. The lowest BCUT2D eigenvalue weighted by Gasteiger charge is -2.25. The maximum atomic E-state index is 14.6. The van der Waals surface area contributed by atoms with Crippen molar-refractivity contribution >= 4 is 12.1 Å². The molecule has 2 rings (SSSR count). The van der Waals surface area contributed by atoms with Gasteiger partial charge in [-0.05, 0) is 38.8 Å². The van der Waals surface area contributed by atoms with E-state index in [2.05, 4.69) is 10.1 Å². The number of carbonyl (C=O) groups is 2. The van der Waals surface area contributed by atoms with Crippen LogP contribution in [0.4, 0.5) is 9.18 Å². The first-order valence-corrected chi connectivity index (χ1v) is 7.82. The highest BCUT2D eigenvalue weighted by atomic mass is 19.1. The molecule has 6 heteroatoms. The van der Waals surface area contributed by atoms with Gasteiger partial charge in [0.15, 0.2) is 0 Å². The molecule has 0 spiro atoms. The van der Waals surface area contributed by atoms with Gasteiger partial charge < -0.3 is 14.8 Å². The van der Waals surface area contributed by atoms with E-state index in [-0.39, 0.29) is 13.0 Å². The van der Waals surface area contributed by atoms with Crippen LogP contribution in [0.5, 0.6) is 0 Å². The molecule has 0 saturated carbocycles. The lowest BCUT2D eigenvalue weighted by molar-refractivity contribution is -0.164. The molecule has 1 N–H and O–H groups in total. The van der Waals surface area contributed by atoms with Gasteiger partial charge in [0.25, 0.3) is 0 Å². The van der Waals surface area contributed by atoms with Gasteiger partial charge in [0.05, 0.1) is 6.04 Å². The topological polar surface area (TPSA) is 64.6 Å². The first kappa shape index (κ1) is 18.0. The largest absolute Gasteiger partial charge is 0.464 e. The maximum absolute atomic E-state index is 14.6. The van der Waals surface area contributed by atoms with E-state index in [0.717, 1.165) is 5.56 Å². The van der Waals surface area contributed by atoms with Gasteiger partial charge >= 0.3 is 12.1 Å². The van der Waals surface area contributed by atoms with Crippen LogP contribution in [-0.2, 0) is 20.7 Å². The third-order valence-corrected chi connectivity index (χ3v) is 3.37. The Hall–Kier alpha value is -2.37. The minimum atomic E-state index is -0.907. The second kappa shape index (κ2) is 7.47. The van der Waals surface area contributed by atoms with Crippen molar-refractivity contribution in [3.05, 3.63) is 47.8 Å². The normalized spacial score (nSPS) is 19.1. The summed E-state index contributed by atoms with van der Waals surface area (Å²) in [5.74, 6) is -1.63. The fourth-order valence-electron chi connectivity index (χ4n) is 2.19. The van der Waals surface area contributed by atoms with Crippen LogP contribution in [0.1, 0.15) is 26.3 Å². The van der Waals surface area contributed by atoms with Gasteiger partial charge in [0.1, 0.15) is 24.0 Å². The van der Waals surface area contributed by atoms with Crippen molar-refractivity contribution in [1.82, 2.24) is 5.32 Å². The number of amides is 1. The van der Waals surface area contributed by atoms with E-state index in [4.69, 9.17) is 4.74 Å². The Kier molecular flexibility index (Phi) is 5.59. The highest BCUT2D eigenvalue weighted by molar-refractivity contribution is 5.79. The highest BCUT2D eigenvalue weighted by Crippen LogP contribution is 2.20. The number of ether oxygens (including phenoxy) is 2. The maximum Gasteiger partial charge on any atom is 0.408 e. The standard InChI is InChI=1S/C18H22FNO4/c1-18(2,3)24-17(22)20-15(9-12-7-5-4-6-8-12)14(19)10-13-11-23-16(13)21/h4-8,10,13,15H,9,11H2,1-3H3,(H,20,22)/b14-10-/t13-,15-/m1/s1. The average molecular weight is 335 g/mol. The molecule has 0 aliphatic carbocycles. The molecule has 2 atom stereocenters. The lowest BCUT2D eigenvalue weighted by Crippen LogP contribution is -2.41. The molecule has 0 aromatic heterocycles. The number of carbonyl (C=O) groups excluding carboxylic acids is 2. The van der Waals surface area contributed by atoms with E-state index in [1.165, 1.54) is 6.08 Å². The second-order valence-electron chi connectivity index (χ2n) is 6.68. The van der Waals surface area contributed by atoms with E-state index >= 15 is 0 Å². The van der Waals surface area contributed by atoms with Crippen LogP contribution in [0.15, 0.2) is 42.2 Å². The summed E-state index contributed by atoms with van der Waals surface area (Å²) in [6.07, 6.45) is 0.754. The Morgan fingerprint density at radius 3 is 2.58 bits per heavy atom. The van der Waals surface area contributed by atoms with Crippen LogP contribution >= 0.6 is 0 Å². The summed E-state index contributed by atoms with van der Waals surface area (Å²) in [5.41, 5.74) is 0.178. The van der Waals surface area contributed by atoms with Gasteiger partial charge in [0, 0.05) is 0 Å². The molecular weight excluding hydrogens is 313 g/mol. The number of halogens is 1. The number of nitrogens with one attached hydrogen (secondary N) is 1. The average Bonchev–Trinajstić information content (AvgIpc) is 2.49. The van der Waals surface area contributed by atoms with E-state index in [1.54, 1.807) is 20.8 Å². The van der Waals surface area contributed by atoms with Gasteiger partial charge in [-0.2, -0.15) is 0 Å². The predicted octanol–water partition coefficient (Wildman–Crippen LogP) is 3.15. The third-order valence-electron chi connectivity index (χ3n) is 3.37. The molecule has 0 radical (unpaired) electrons. The number of hydrogen-bond acceptors (Lipinski definition) is 4. The summed E-state index contributed by atoms with van der Waals surface area (Å²) >= 11 is 0. The molecule has 1 heterocycles.